The molecule has 0 unspecified atom stereocenters. The maximum atomic E-state index is 11.3. The van der Waals surface area contributed by atoms with Crippen molar-refractivity contribution in [3.8, 4) is 5.75 Å². The summed E-state index contributed by atoms with van der Waals surface area (Å²) in [6.07, 6.45) is 3.67. The molecule has 3 heteroatoms. The van der Waals surface area contributed by atoms with E-state index in [1.165, 1.54) is 0 Å². The number of carbonyl (C=O) groups is 1. The quantitative estimate of drug-likeness (QED) is 0.799. The number of rotatable bonds is 6. The molecular weight excluding hydrogens is 262 g/mol. The van der Waals surface area contributed by atoms with E-state index in [-0.39, 0.29) is 5.91 Å². The maximum absolute atomic E-state index is 11.3. The molecule has 0 aliphatic rings. The fourth-order valence-electron chi connectivity index (χ4n) is 2.55. The van der Waals surface area contributed by atoms with Gasteiger partial charge in [-0.1, -0.05) is 37.3 Å². The minimum atomic E-state index is 0.0596. The molecule has 2 aromatic carbocycles. The summed E-state index contributed by atoms with van der Waals surface area (Å²) in [7, 11) is 0. The fourth-order valence-corrected chi connectivity index (χ4v) is 2.55. The lowest BCUT2D eigenvalue weighted by molar-refractivity contribution is -0.120. The molecule has 0 heterocycles. The molecule has 0 bridgehead atoms. The first-order valence-corrected chi connectivity index (χ1v) is 7.27. The molecule has 0 saturated heterocycles. The van der Waals surface area contributed by atoms with Crippen LogP contribution in [0.4, 0.5) is 0 Å². The number of phenolic OH excluding ortho intramolecular Hbond substituents is 1. The predicted octanol–water partition coefficient (Wildman–Crippen LogP) is 3.34. The van der Waals surface area contributed by atoms with Gasteiger partial charge in [-0.3, -0.25) is 4.79 Å². The third-order valence-electron chi connectivity index (χ3n) is 3.60. The number of allylic oxidation sites excluding steroid dienone is 1. The molecule has 2 aromatic rings. The third kappa shape index (κ3) is 3.43. The lowest BCUT2D eigenvalue weighted by Crippen LogP contribution is -2.24. The molecule has 0 saturated carbocycles. The molecule has 110 valence electrons. The van der Waals surface area contributed by atoms with Gasteiger partial charge in [-0.15, -0.1) is 6.58 Å². The second kappa shape index (κ2) is 6.93. The van der Waals surface area contributed by atoms with E-state index in [4.69, 9.17) is 0 Å². The van der Waals surface area contributed by atoms with Gasteiger partial charge >= 0.3 is 0 Å². The molecule has 0 atom stereocenters. The Bertz CT molecular complexity index is 662. The smallest absolute Gasteiger partial charge is 0.219 e. The van der Waals surface area contributed by atoms with Gasteiger partial charge in [-0.05, 0) is 35.2 Å². The monoisotopic (exact) mass is 283 g/mol. The molecule has 0 radical (unpaired) electrons. The Morgan fingerprint density at radius 1 is 1.33 bits per heavy atom. The highest BCUT2D eigenvalue weighted by molar-refractivity contribution is 5.91. The van der Waals surface area contributed by atoms with Crippen LogP contribution in [0.2, 0.25) is 0 Å². The van der Waals surface area contributed by atoms with Gasteiger partial charge in [0, 0.05) is 18.5 Å². The largest absolute Gasteiger partial charge is 0.508 e. The zero-order valence-electron chi connectivity index (χ0n) is 12.4. The molecule has 0 spiro atoms. The van der Waals surface area contributed by atoms with Crippen LogP contribution < -0.4 is 5.32 Å². The Labute approximate surface area is 125 Å². The molecular formula is C18H21NO2. The van der Waals surface area contributed by atoms with Crippen LogP contribution in [0.1, 0.15) is 24.5 Å². The van der Waals surface area contributed by atoms with Gasteiger partial charge in [-0.25, -0.2) is 0 Å². The Kier molecular flexibility index (Phi) is 4.99. The van der Waals surface area contributed by atoms with Gasteiger partial charge in [0.2, 0.25) is 5.91 Å². The Morgan fingerprint density at radius 3 is 2.86 bits per heavy atom. The summed E-state index contributed by atoms with van der Waals surface area (Å²) in [6.45, 7) is 6.21. The van der Waals surface area contributed by atoms with Crippen LogP contribution >= 0.6 is 0 Å². The summed E-state index contributed by atoms with van der Waals surface area (Å²) < 4.78 is 0. The molecule has 0 fully saturated rings. The highest BCUT2D eigenvalue weighted by Gasteiger charge is 2.10. The minimum absolute atomic E-state index is 0.0596. The van der Waals surface area contributed by atoms with E-state index >= 15 is 0 Å². The molecule has 21 heavy (non-hydrogen) atoms. The maximum Gasteiger partial charge on any atom is 0.219 e. The minimum Gasteiger partial charge on any atom is -0.508 e. The number of phenols is 1. The fraction of sp³-hybridized carbons (Fsp3) is 0.278. The van der Waals surface area contributed by atoms with E-state index in [1.54, 1.807) is 12.1 Å². The summed E-state index contributed by atoms with van der Waals surface area (Å²) in [5, 5.41) is 15.2. The SMILES string of the molecule is C=CCc1c(O)ccc2cccc(CCNC(=O)CC)c12. The first-order chi connectivity index (χ1) is 10.2. The topological polar surface area (TPSA) is 49.3 Å². The highest BCUT2D eigenvalue weighted by atomic mass is 16.3. The standard InChI is InChI=1S/C18H21NO2/c1-3-6-15-16(20)10-9-13-7-5-8-14(18(13)15)11-12-19-17(21)4-2/h3,5,7-10,20H,1,4,6,11-12H2,2H3,(H,19,21). The summed E-state index contributed by atoms with van der Waals surface area (Å²) in [5.41, 5.74) is 2.04. The number of amides is 1. The first kappa shape index (κ1) is 15.1. The molecule has 3 nitrogen and oxygen atoms in total. The van der Waals surface area contributed by atoms with E-state index in [9.17, 15) is 9.90 Å². The zero-order chi connectivity index (χ0) is 15.2. The number of benzene rings is 2. The summed E-state index contributed by atoms with van der Waals surface area (Å²) >= 11 is 0. The normalized spacial score (nSPS) is 10.5. The van der Waals surface area contributed by atoms with Gasteiger partial charge < -0.3 is 10.4 Å². The number of fused-ring (bicyclic) bond motifs is 1. The van der Waals surface area contributed by atoms with Gasteiger partial charge in [-0.2, -0.15) is 0 Å². The Morgan fingerprint density at radius 2 is 2.14 bits per heavy atom. The van der Waals surface area contributed by atoms with Gasteiger partial charge in [0.05, 0.1) is 0 Å². The lowest BCUT2D eigenvalue weighted by atomic mass is 9.95. The molecule has 0 aliphatic heterocycles. The number of nitrogens with one attached hydrogen (secondary N) is 1. The van der Waals surface area contributed by atoms with Gasteiger partial charge in [0.1, 0.15) is 5.75 Å². The Balaban J connectivity index is 2.36. The average molecular weight is 283 g/mol. The lowest BCUT2D eigenvalue weighted by Gasteiger charge is -2.13. The van der Waals surface area contributed by atoms with E-state index in [2.05, 4.69) is 11.9 Å². The second-order valence-electron chi connectivity index (χ2n) is 5.02. The van der Waals surface area contributed by atoms with Crippen LogP contribution in [-0.4, -0.2) is 17.6 Å². The highest BCUT2D eigenvalue weighted by Crippen LogP contribution is 2.30. The van der Waals surface area contributed by atoms with Gasteiger partial charge in [0.15, 0.2) is 0 Å². The van der Waals surface area contributed by atoms with Crippen LogP contribution in [0.15, 0.2) is 43.0 Å². The van der Waals surface area contributed by atoms with Crippen LogP contribution in [0, 0.1) is 0 Å². The molecule has 0 aromatic heterocycles. The Hall–Kier alpha value is -2.29. The summed E-state index contributed by atoms with van der Waals surface area (Å²) in [6, 6.07) is 9.74. The average Bonchev–Trinajstić information content (AvgIpc) is 2.50. The van der Waals surface area contributed by atoms with E-state index in [1.807, 2.05) is 31.2 Å². The van der Waals surface area contributed by atoms with Crippen molar-refractivity contribution in [2.75, 3.05) is 6.54 Å². The number of carbonyl (C=O) groups excluding carboxylic acids is 1. The molecule has 0 aliphatic carbocycles. The van der Waals surface area contributed by atoms with Crippen molar-refractivity contribution >= 4 is 16.7 Å². The first-order valence-electron chi connectivity index (χ1n) is 7.27. The number of aromatic hydroxyl groups is 1. The van der Waals surface area contributed by atoms with Crippen molar-refractivity contribution in [2.45, 2.75) is 26.2 Å². The van der Waals surface area contributed by atoms with Crippen molar-refractivity contribution in [3.05, 3.63) is 54.1 Å². The number of hydrogen-bond donors (Lipinski definition) is 2. The van der Waals surface area contributed by atoms with Crippen molar-refractivity contribution in [1.82, 2.24) is 5.32 Å². The van der Waals surface area contributed by atoms with Gasteiger partial charge in [0.25, 0.3) is 0 Å². The van der Waals surface area contributed by atoms with Crippen LogP contribution in [-0.2, 0) is 17.6 Å². The van der Waals surface area contributed by atoms with Crippen molar-refractivity contribution in [1.29, 1.82) is 0 Å². The van der Waals surface area contributed by atoms with Crippen LogP contribution in [0.5, 0.6) is 5.75 Å². The van der Waals surface area contributed by atoms with E-state index in [0.29, 0.717) is 25.1 Å². The van der Waals surface area contributed by atoms with Crippen LogP contribution in [0.25, 0.3) is 10.8 Å². The summed E-state index contributed by atoms with van der Waals surface area (Å²) in [4.78, 5) is 11.3. The predicted molar refractivity (Wildman–Crippen MR) is 86.5 cm³/mol. The van der Waals surface area contributed by atoms with E-state index < -0.39 is 0 Å². The van der Waals surface area contributed by atoms with Crippen molar-refractivity contribution in [2.24, 2.45) is 0 Å². The zero-order valence-corrected chi connectivity index (χ0v) is 12.4. The van der Waals surface area contributed by atoms with E-state index in [0.717, 1.165) is 28.3 Å². The van der Waals surface area contributed by atoms with Crippen molar-refractivity contribution in [3.63, 3.8) is 0 Å². The molecule has 2 rings (SSSR count). The third-order valence-corrected chi connectivity index (χ3v) is 3.60. The molecule has 1 amide bonds. The van der Waals surface area contributed by atoms with Crippen LogP contribution in [0.3, 0.4) is 0 Å². The summed E-state index contributed by atoms with van der Waals surface area (Å²) in [5.74, 6) is 0.358. The second-order valence-corrected chi connectivity index (χ2v) is 5.02. The van der Waals surface area contributed by atoms with Crippen molar-refractivity contribution < 1.29 is 9.90 Å². The number of hydrogen-bond acceptors (Lipinski definition) is 2. The molecule has 2 N–H and O–H groups in total.